The molecule has 0 bridgehead atoms. The average Bonchev–Trinajstić information content (AvgIpc) is 2.91. The molecule has 1 aromatic heterocycles. The van der Waals surface area contributed by atoms with Gasteiger partial charge in [-0.2, -0.15) is 0 Å². The summed E-state index contributed by atoms with van der Waals surface area (Å²) in [5.41, 5.74) is 3.61. The molecule has 192 valence electrons. The van der Waals surface area contributed by atoms with E-state index in [1.165, 1.54) is 36.5 Å². The minimum atomic E-state index is -0.891. The van der Waals surface area contributed by atoms with Crippen LogP contribution in [0.4, 0.5) is 10.1 Å². The SMILES string of the molecule is CCN/C=C(\C=N)SN1CCC2=CC(Nc3ccc(F)cc3)=C(C=N)CC2(C(=O)c2cc(C)ccn2)C1. The minimum absolute atomic E-state index is 0.0694. The standard InChI is InChI=1S/C28H31FN6OS/c1-3-32-17-24(16-31)37-35-11-9-21-13-25(34-23-6-4-22(29)5-7-23)20(15-30)14-28(21,18-35)27(36)26-12-19(2)8-10-33-26/h4-8,10,12-13,15-17,30-32,34H,3,9,11,14,18H2,1-2H3/b24-17+,30-15?,31-16?. The molecule has 4 N–H and O–H groups in total. The number of benzene rings is 1. The van der Waals surface area contributed by atoms with Crippen LogP contribution < -0.4 is 10.6 Å². The van der Waals surface area contributed by atoms with E-state index in [1.807, 2.05) is 38.3 Å². The van der Waals surface area contributed by atoms with Crippen LogP contribution in [-0.2, 0) is 0 Å². The number of anilines is 1. The Labute approximate surface area is 221 Å². The number of carbonyl (C=O) groups excluding carboxylic acids is 1. The first-order valence-electron chi connectivity index (χ1n) is 12.2. The zero-order chi connectivity index (χ0) is 26.4. The highest BCUT2D eigenvalue weighted by Gasteiger charge is 2.49. The highest BCUT2D eigenvalue weighted by Crippen LogP contribution is 2.48. The van der Waals surface area contributed by atoms with Gasteiger partial charge < -0.3 is 21.5 Å². The first-order valence-corrected chi connectivity index (χ1v) is 13.0. The maximum absolute atomic E-state index is 14.2. The van der Waals surface area contributed by atoms with Gasteiger partial charge >= 0.3 is 0 Å². The number of pyridine rings is 1. The molecular weight excluding hydrogens is 487 g/mol. The van der Waals surface area contributed by atoms with Gasteiger partial charge in [-0.15, -0.1) is 0 Å². The molecule has 1 fully saturated rings. The lowest BCUT2D eigenvalue weighted by Gasteiger charge is -2.45. The molecular formula is C28H31FN6OS. The Bertz CT molecular complexity index is 1290. The van der Waals surface area contributed by atoms with E-state index in [0.29, 0.717) is 42.9 Å². The Morgan fingerprint density at radius 2 is 2.05 bits per heavy atom. The maximum Gasteiger partial charge on any atom is 0.193 e. The van der Waals surface area contributed by atoms with Gasteiger partial charge in [0.1, 0.15) is 11.5 Å². The van der Waals surface area contributed by atoms with Crippen LogP contribution in [0.5, 0.6) is 0 Å². The van der Waals surface area contributed by atoms with Gasteiger partial charge in [-0.3, -0.25) is 9.78 Å². The van der Waals surface area contributed by atoms with Crippen LogP contribution in [0.1, 0.15) is 35.8 Å². The van der Waals surface area contributed by atoms with E-state index in [4.69, 9.17) is 10.8 Å². The number of hydrogen-bond acceptors (Lipinski definition) is 8. The second-order valence-electron chi connectivity index (χ2n) is 9.14. The summed E-state index contributed by atoms with van der Waals surface area (Å²) in [6.07, 6.45) is 9.04. The Morgan fingerprint density at radius 3 is 2.73 bits per heavy atom. The molecule has 1 aromatic carbocycles. The zero-order valence-electron chi connectivity index (χ0n) is 21.0. The Balaban J connectivity index is 1.72. The van der Waals surface area contributed by atoms with Crippen molar-refractivity contribution in [2.24, 2.45) is 5.41 Å². The van der Waals surface area contributed by atoms with E-state index in [2.05, 4.69) is 19.9 Å². The first-order chi connectivity index (χ1) is 17.9. The highest BCUT2D eigenvalue weighted by molar-refractivity contribution is 8.01. The molecule has 7 nitrogen and oxygen atoms in total. The van der Waals surface area contributed by atoms with Crippen molar-refractivity contribution in [2.45, 2.75) is 26.7 Å². The third-order valence-electron chi connectivity index (χ3n) is 6.55. The van der Waals surface area contributed by atoms with Crippen molar-refractivity contribution in [3.05, 3.63) is 93.7 Å². The number of fused-ring (bicyclic) bond motifs is 1. The molecule has 4 rings (SSSR count). The third kappa shape index (κ3) is 5.89. The molecule has 1 unspecified atom stereocenters. The average molecular weight is 519 g/mol. The third-order valence-corrected chi connectivity index (χ3v) is 7.57. The van der Waals surface area contributed by atoms with Crippen molar-refractivity contribution >= 4 is 35.8 Å². The molecule has 0 saturated carbocycles. The number of allylic oxidation sites excluding steroid dienone is 3. The number of aromatic nitrogens is 1. The minimum Gasteiger partial charge on any atom is -0.390 e. The number of aryl methyl sites for hydroxylation is 1. The quantitative estimate of drug-likeness (QED) is 0.188. The fourth-order valence-corrected chi connectivity index (χ4v) is 5.65. The fraction of sp³-hybridized carbons (Fsp3) is 0.286. The normalized spacial score (nSPS) is 20.1. The van der Waals surface area contributed by atoms with Gasteiger partial charge in [0.15, 0.2) is 5.78 Å². The largest absolute Gasteiger partial charge is 0.390 e. The highest BCUT2D eigenvalue weighted by atomic mass is 32.2. The molecule has 1 aliphatic heterocycles. The second-order valence-corrected chi connectivity index (χ2v) is 10.3. The molecule has 2 aliphatic rings. The number of carbonyl (C=O) groups is 1. The maximum atomic E-state index is 14.2. The lowest BCUT2D eigenvalue weighted by molar-refractivity contribution is 0.0775. The Kier molecular flexibility index (Phi) is 8.35. The van der Waals surface area contributed by atoms with Gasteiger partial charge in [-0.25, -0.2) is 8.70 Å². The number of ketones is 1. The van der Waals surface area contributed by atoms with Crippen molar-refractivity contribution in [1.82, 2.24) is 14.6 Å². The summed E-state index contributed by atoms with van der Waals surface area (Å²) in [5.74, 6) is -0.388. The summed E-state index contributed by atoms with van der Waals surface area (Å²) in [4.78, 5) is 19.3. The molecule has 0 amide bonds. The fourth-order valence-electron chi connectivity index (χ4n) is 4.69. The predicted octanol–water partition coefficient (Wildman–Crippen LogP) is 5.50. The molecule has 9 heteroatoms. The van der Waals surface area contributed by atoms with Gasteiger partial charge in [0.25, 0.3) is 0 Å². The number of halogens is 1. The van der Waals surface area contributed by atoms with Crippen molar-refractivity contribution in [1.29, 1.82) is 10.8 Å². The lowest BCUT2D eigenvalue weighted by Crippen LogP contribution is -2.49. The summed E-state index contributed by atoms with van der Waals surface area (Å²) in [5, 5.41) is 22.4. The van der Waals surface area contributed by atoms with Gasteiger partial charge in [-0.1, -0.05) is 5.57 Å². The second kappa shape index (κ2) is 11.7. The lowest BCUT2D eigenvalue weighted by atomic mass is 9.65. The van der Waals surface area contributed by atoms with E-state index in [1.54, 1.807) is 18.3 Å². The first kappa shape index (κ1) is 26.5. The summed E-state index contributed by atoms with van der Waals surface area (Å²) in [6.45, 7) is 5.81. The van der Waals surface area contributed by atoms with E-state index < -0.39 is 5.41 Å². The van der Waals surface area contributed by atoms with Crippen LogP contribution in [0.25, 0.3) is 0 Å². The van der Waals surface area contributed by atoms with Crippen LogP contribution in [-0.4, -0.2) is 47.1 Å². The van der Waals surface area contributed by atoms with Crippen LogP contribution in [0.15, 0.2) is 76.6 Å². The molecule has 1 saturated heterocycles. The number of rotatable bonds is 10. The van der Waals surface area contributed by atoms with Crippen molar-refractivity contribution in [2.75, 3.05) is 25.0 Å². The Hall–Kier alpha value is -3.56. The molecule has 2 aromatic rings. The number of nitrogens with one attached hydrogen (secondary N) is 4. The van der Waals surface area contributed by atoms with Gasteiger partial charge in [0.05, 0.1) is 10.3 Å². The summed E-state index contributed by atoms with van der Waals surface area (Å²) in [6, 6.07) is 9.76. The molecule has 0 spiro atoms. The van der Waals surface area contributed by atoms with Crippen LogP contribution in [0, 0.1) is 29.0 Å². The van der Waals surface area contributed by atoms with Gasteiger partial charge in [0.2, 0.25) is 0 Å². The molecule has 37 heavy (non-hydrogen) atoms. The molecule has 1 atom stereocenters. The number of Topliss-reactive ketones (excluding diaryl/α,β-unsaturated/α-hetero) is 1. The van der Waals surface area contributed by atoms with Crippen molar-refractivity contribution < 1.29 is 9.18 Å². The van der Waals surface area contributed by atoms with Crippen LogP contribution >= 0.6 is 11.9 Å². The molecule has 0 radical (unpaired) electrons. The van der Waals surface area contributed by atoms with E-state index in [9.17, 15) is 9.18 Å². The summed E-state index contributed by atoms with van der Waals surface area (Å²) >= 11 is 1.45. The van der Waals surface area contributed by atoms with E-state index >= 15 is 0 Å². The van der Waals surface area contributed by atoms with Gasteiger partial charge in [0, 0.05) is 55.8 Å². The van der Waals surface area contributed by atoms with E-state index in [0.717, 1.165) is 28.3 Å². The predicted molar refractivity (Wildman–Crippen MR) is 149 cm³/mol. The van der Waals surface area contributed by atoms with Crippen molar-refractivity contribution in [3.8, 4) is 0 Å². The number of nitrogens with zero attached hydrogens (tertiary/aromatic N) is 2. The summed E-state index contributed by atoms with van der Waals surface area (Å²) in [7, 11) is 0. The number of piperidine rings is 1. The van der Waals surface area contributed by atoms with Crippen molar-refractivity contribution in [3.63, 3.8) is 0 Å². The molecule has 1 aliphatic carbocycles. The monoisotopic (exact) mass is 518 g/mol. The topological polar surface area (TPSA) is 105 Å². The van der Waals surface area contributed by atoms with Crippen LogP contribution in [0.2, 0.25) is 0 Å². The number of hydrogen-bond donors (Lipinski definition) is 4. The zero-order valence-corrected chi connectivity index (χ0v) is 21.8. The summed E-state index contributed by atoms with van der Waals surface area (Å²) < 4.78 is 15.5. The Morgan fingerprint density at radius 1 is 1.27 bits per heavy atom. The molecule has 2 heterocycles. The van der Waals surface area contributed by atoms with Crippen LogP contribution in [0.3, 0.4) is 0 Å². The smallest absolute Gasteiger partial charge is 0.193 e. The van der Waals surface area contributed by atoms with E-state index in [-0.39, 0.29) is 11.6 Å². The van der Waals surface area contributed by atoms with Gasteiger partial charge in [-0.05, 0) is 92.2 Å².